The maximum absolute atomic E-state index is 13.8. The van der Waals surface area contributed by atoms with E-state index in [1.54, 1.807) is 11.8 Å². The predicted octanol–water partition coefficient (Wildman–Crippen LogP) is 4.08. The average molecular weight is 395 g/mol. The summed E-state index contributed by atoms with van der Waals surface area (Å²) in [6.07, 6.45) is 2.56. The highest BCUT2D eigenvalue weighted by molar-refractivity contribution is 5.92. The molecule has 29 heavy (non-hydrogen) atoms. The molecule has 4 rings (SSSR count). The van der Waals surface area contributed by atoms with Crippen molar-refractivity contribution in [3.8, 4) is 0 Å². The minimum atomic E-state index is -0.585. The Morgan fingerprint density at radius 3 is 2.62 bits per heavy atom. The van der Waals surface area contributed by atoms with Crippen molar-refractivity contribution in [2.45, 2.75) is 18.8 Å². The van der Waals surface area contributed by atoms with Crippen LogP contribution in [0.1, 0.15) is 34.7 Å². The molecular weight excluding hydrogens is 376 g/mol. The Balaban J connectivity index is 1.57. The van der Waals surface area contributed by atoms with Crippen LogP contribution in [-0.2, 0) is 4.79 Å². The first kappa shape index (κ1) is 19.0. The summed E-state index contributed by atoms with van der Waals surface area (Å²) in [5, 5.41) is 3.87. The quantitative estimate of drug-likeness (QED) is 0.625. The average Bonchev–Trinajstić information content (AvgIpc) is 3.35. The number of nitrogens with zero attached hydrogens (tertiary/aromatic N) is 3. The smallest absolute Gasteiger partial charge is 0.246 e. The van der Waals surface area contributed by atoms with Crippen LogP contribution < -0.4 is 0 Å². The molecule has 1 fully saturated rings. The first-order valence-electron chi connectivity index (χ1n) is 9.28. The van der Waals surface area contributed by atoms with Gasteiger partial charge in [-0.05, 0) is 36.8 Å². The highest BCUT2D eigenvalue weighted by atomic mass is 19.1. The van der Waals surface area contributed by atoms with E-state index in [4.69, 9.17) is 4.52 Å². The van der Waals surface area contributed by atoms with Crippen LogP contribution >= 0.6 is 0 Å². The van der Waals surface area contributed by atoms with Crippen LogP contribution in [0.15, 0.2) is 59.1 Å². The van der Waals surface area contributed by atoms with Gasteiger partial charge in [-0.2, -0.15) is 4.98 Å². The Morgan fingerprint density at radius 2 is 1.90 bits per heavy atom. The summed E-state index contributed by atoms with van der Waals surface area (Å²) in [4.78, 5) is 18.7. The summed E-state index contributed by atoms with van der Waals surface area (Å²) in [5.74, 6) is -0.534. The van der Waals surface area contributed by atoms with Crippen molar-refractivity contribution in [2.24, 2.45) is 0 Å². The van der Waals surface area contributed by atoms with Crippen LogP contribution in [-0.4, -0.2) is 34.0 Å². The van der Waals surface area contributed by atoms with Crippen molar-refractivity contribution in [3.63, 3.8) is 0 Å². The minimum absolute atomic E-state index is 0.000643. The number of hydrogen-bond donors (Lipinski definition) is 0. The van der Waals surface area contributed by atoms with Crippen molar-refractivity contribution in [1.29, 1.82) is 0 Å². The van der Waals surface area contributed by atoms with E-state index in [1.165, 1.54) is 12.2 Å². The molecule has 1 amide bonds. The number of rotatable bonds is 4. The molecule has 2 heterocycles. The van der Waals surface area contributed by atoms with Crippen molar-refractivity contribution < 1.29 is 18.1 Å². The summed E-state index contributed by atoms with van der Waals surface area (Å²) in [5.41, 5.74) is 1.10. The third-order valence-corrected chi connectivity index (χ3v) is 5.08. The number of hydrogen-bond acceptors (Lipinski definition) is 4. The molecule has 7 heteroatoms. The number of halogens is 2. The zero-order valence-electron chi connectivity index (χ0n) is 15.8. The maximum atomic E-state index is 13.8. The molecule has 0 unspecified atom stereocenters. The molecule has 0 radical (unpaired) electrons. The zero-order valence-corrected chi connectivity index (χ0v) is 15.8. The fourth-order valence-electron chi connectivity index (χ4n) is 3.64. The van der Waals surface area contributed by atoms with E-state index in [0.29, 0.717) is 24.8 Å². The van der Waals surface area contributed by atoms with E-state index >= 15 is 0 Å². The Labute approximate surface area is 166 Å². The molecule has 3 aromatic rings. The highest BCUT2D eigenvalue weighted by Gasteiger charge is 2.39. The molecule has 148 valence electrons. The van der Waals surface area contributed by atoms with E-state index < -0.39 is 11.6 Å². The molecule has 0 spiro atoms. The number of aryl methyl sites for hydroxylation is 1. The van der Waals surface area contributed by atoms with E-state index in [1.807, 2.05) is 30.3 Å². The summed E-state index contributed by atoms with van der Waals surface area (Å²) in [7, 11) is 0. The summed E-state index contributed by atoms with van der Waals surface area (Å²) >= 11 is 0. The van der Waals surface area contributed by atoms with Crippen LogP contribution in [0.5, 0.6) is 0 Å². The molecule has 0 N–H and O–H groups in total. The van der Waals surface area contributed by atoms with Crippen LogP contribution in [0.25, 0.3) is 6.08 Å². The molecule has 1 aliphatic rings. The Kier molecular flexibility index (Phi) is 5.20. The summed E-state index contributed by atoms with van der Waals surface area (Å²) in [6.45, 7) is 2.61. The Bertz CT molecular complexity index is 1050. The first-order valence-corrected chi connectivity index (χ1v) is 9.28. The second-order valence-electron chi connectivity index (χ2n) is 7.05. The van der Waals surface area contributed by atoms with Gasteiger partial charge in [0.15, 0.2) is 5.82 Å². The van der Waals surface area contributed by atoms with Crippen molar-refractivity contribution >= 4 is 12.0 Å². The standard InChI is InChI=1S/C22H19F2N3O2/c1-14-25-22(29-26-14)19-13-27(12-18(19)15-5-3-2-4-6-15)21(28)10-7-16-11-17(23)8-9-20(16)24/h2-11,18-19H,12-13H2,1H3/b10-7-/t18-,19-/m0/s1. The van der Waals surface area contributed by atoms with Crippen LogP contribution in [0.2, 0.25) is 0 Å². The molecule has 1 aliphatic heterocycles. The third-order valence-electron chi connectivity index (χ3n) is 5.08. The number of amides is 1. The zero-order chi connectivity index (χ0) is 20.4. The lowest BCUT2D eigenvalue weighted by Gasteiger charge is -2.15. The minimum Gasteiger partial charge on any atom is -0.339 e. The monoisotopic (exact) mass is 395 g/mol. The second kappa shape index (κ2) is 7.95. The van der Waals surface area contributed by atoms with Gasteiger partial charge in [-0.15, -0.1) is 0 Å². The summed E-state index contributed by atoms with van der Waals surface area (Å²) < 4.78 is 32.5. The molecule has 2 aromatic carbocycles. The Morgan fingerprint density at radius 1 is 1.14 bits per heavy atom. The normalized spacial score (nSPS) is 19.2. The van der Waals surface area contributed by atoms with E-state index in [9.17, 15) is 13.6 Å². The van der Waals surface area contributed by atoms with Gasteiger partial charge < -0.3 is 9.42 Å². The second-order valence-corrected chi connectivity index (χ2v) is 7.05. The highest BCUT2D eigenvalue weighted by Crippen LogP contribution is 2.39. The lowest BCUT2D eigenvalue weighted by molar-refractivity contribution is -0.125. The topological polar surface area (TPSA) is 59.2 Å². The van der Waals surface area contributed by atoms with Crippen LogP contribution in [0.3, 0.4) is 0 Å². The first-order chi connectivity index (χ1) is 14.0. The number of carbonyl (C=O) groups is 1. The fraction of sp³-hybridized carbons (Fsp3) is 0.227. The van der Waals surface area contributed by atoms with Crippen molar-refractivity contribution in [3.05, 3.63) is 89.1 Å². The lowest BCUT2D eigenvalue weighted by Crippen LogP contribution is -2.27. The maximum Gasteiger partial charge on any atom is 0.246 e. The molecule has 1 aromatic heterocycles. The van der Waals surface area contributed by atoms with Gasteiger partial charge in [0, 0.05) is 30.6 Å². The Hall–Kier alpha value is -3.35. The number of likely N-dealkylation sites (tertiary alicyclic amines) is 1. The molecule has 2 atom stereocenters. The summed E-state index contributed by atoms with van der Waals surface area (Å²) in [6, 6.07) is 13.0. The molecule has 0 bridgehead atoms. The number of aromatic nitrogens is 2. The van der Waals surface area contributed by atoms with Crippen molar-refractivity contribution in [1.82, 2.24) is 15.0 Å². The van der Waals surface area contributed by atoms with Gasteiger partial charge in [-0.25, -0.2) is 8.78 Å². The van der Waals surface area contributed by atoms with Crippen LogP contribution in [0, 0.1) is 18.6 Å². The van der Waals surface area contributed by atoms with E-state index in [0.717, 1.165) is 23.8 Å². The van der Waals surface area contributed by atoms with Gasteiger partial charge in [0.1, 0.15) is 11.6 Å². The molecule has 5 nitrogen and oxygen atoms in total. The lowest BCUT2D eigenvalue weighted by atomic mass is 9.89. The predicted molar refractivity (Wildman–Crippen MR) is 103 cm³/mol. The molecule has 1 saturated heterocycles. The van der Waals surface area contributed by atoms with Gasteiger partial charge in [0.25, 0.3) is 0 Å². The van der Waals surface area contributed by atoms with Gasteiger partial charge in [-0.1, -0.05) is 35.5 Å². The molecular formula is C22H19F2N3O2. The molecule has 0 aliphatic carbocycles. The van der Waals surface area contributed by atoms with Crippen LogP contribution in [0.4, 0.5) is 8.78 Å². The van der Waals surface area contributed by atoms with Gasteiger partial charge in [0.05, 0.1) is 5.92 Å². The SMILES string of the molecule is Cc1noc([C@H]2CN(C(=O)/C=C\c3cc(F)ccc3F)C[C@H]2c2ccccc2)n1. The number of benzene rings is 2. The largest absolute Gasteiger partial charge is 0.339 e. The van der Waals surface area contributed by atoms with Gasteiger partial charge >= 0.3 is 0 Å². The third kappa shape index (κ3) is 4.08. The van der Waals surface area contributed by atoms with Gasteiger partial charge in [0.2, 0.25) is 11.8 Å². The molecule has 0 saturated carbocycles. The van der Waals surface area contributed by atoms with Gasteiger partial charge in [-0.3, -0.25) is 4.79 Å². The fourth-order valence-corrected chi connectivity index (χ4v) is 3.64. The van der Waals surface area contributed by atoms with E-state index in [-0.39, 0.29) is 23.3 Å². The van der Waals surface area contributed by atoms with Crippen molar-refractivity contribution in [2.75, 3.05) is 13.1 Å². The number of carbonyl (C=O) groups excluding carboxylic acids is 1. The van der Waals surface area contributed by atoms with E-state index in [2.05, 4.69) is 10.1 Å².